The first-order valence-electron chi connectivity index (χ1n) is 13.9. The second-order valence-corrected chi connectivity index (χ2v) is 10.8. The summed E-state index contributed by atoms with van der Waals surface area (Å²) >= 11 is 0. The molecular formula is C32H36N4O4. The van der Waals surface area contributed by atoms with E-state index < -0.39 is 4.92 Å². The molecule has 0 bridgehead atoms. The van der Waals surface area contributed by atoms with E-state index in [0.29, 0.717) is 18.7 Å². The van der Waals surface area contributed by atoms with Crippen LogP contribution in [0.5, 0.6) is 5.75 Å². The Morgan fingerprint density at radius 3 is 2.45 bits per heavy atom. The van der Waals surface area contributed by atoms with Crippen LogP contribution in [0.2, 0.25) is 0 Å². The number of aromatic nitrogens is 1. The van der Waals surface area contributed by atoms with Crippen molar-refractivity contribution in [3.63, 3.8) is 0 Å². The largest absolute Gasteiger partial charge is 0.497 e. The molecule has 0 radical (unpaired) electrons. The van der Waals surface area contributed by atoms with Gasteiger partial charge < -0.3 is 20.4 Å². The van der Waals surface area contributed by atoms with Gasteiger partial charge in [0.15, 0.2) is 0 Å². The third kappa shape index (κ3) is 6.18. The number of nitrogens with one attached hydrogen (secondary N) is 3. The molecule has 3 aromatic carbocycles. The van der Waals surface area contributed by atoms with Crippen molar-refractivity contribution >= 4 is 28.2 Å². The highest BCUT2D eigenvalue weighted by Crippen LogP contribution is 2.39. The van der Waals surface area contributed by atoms with Crippen LogP contribution >= 0.6 is 0 Å². The summed E-state index contributed by atoms with van der Waals surface area (Å²) in [6.45, 7) is 1.30. The van der Waals surface area contributed by atoms with E-state index in [2.05, 4.69) is 33.8 Å². The van der Waals surface area contributed by atoms with Gasteiger partial charge >= 0.3 is 0 Å². The predicted molar refractivity (Wildman–Crippen MR) is 158 cm³/mol. The highest BCUT2D eigenvalue weighted by Gasteiger charge is 2.34. The number of ether oxygens (including phenoxy) is 1. The van der Waals surface area contributed by atoms with Crippen molar-refractivity contribution in [1.82, 2.24) is 10.3 Å². The number of hydrogen-bond donors (Lipinski definition) is 3. The maximum atomic E-state index is 13.6. The number of carbonyl (C=O) groups is 1. The lowest BCUT2D eigenvalue weighted by Crippen LogP contribution is -2.43. The zero-order valence-electron chi connectivity index (χ0n) is 22.8. The van der Waals surface area contributed by atoms with Crippen molar-refractivity contribution in [2.24, 2.45) is 5.92 Å². The van der Waals surface area contributed by atoms with Gasteiger partial charge in [0.2, 0.25) is 5.91 Å². The van der Waals surface area contributed by atoms with Crippen molar-refractivity contribution in [1.29, 1.82) is 0 Å². The number of amides is 1. The second-order valence-electron chi connectivity index (χ2n) is 10.8. The molecule has 0 spiro atoms. The minimum absolute atomic E-state index is 0.00804. The predicted octanol–water partition coefficient (Wildman–Crippen LogP) is 6.37. The van der Waals surface area contributed by atoms with Crippen LogP contribution in [0.25, 0.3) is 10.9 Å². The second kappa shape index (κ2) is 12.3. The number of methoxy groups -OCH3 is 1. The van der Waals surface area contributed by atoms with Crippen LogP contribution in [-0.2, 0) is 16.6 Å². The fraction of sp³-hybridized carbons (Fsp3) is 0.344. The van der Waals surface area contributed by atoms with Crippen LogP contribution in [0.3, 0.4) is 0 Å². The van der Waals surface area contributed by atoms with Crippen LogP contribution in [0.15, 0.2) is 79.0 Å². The van der Waals surface area contributed by atoms with Gasteiger partial charge in [-0.2, -0.15) is 0 Å². The summed E-state index contributed by atoms with van der Waals surface area (Å²) in [4.78, 5) is 27.5. The number of non-ortho nitro benzene ring substituents is 1. The van der Waals surface area contributed by atoms with Crippen LogP contribution in [0.4, 0.5) is 11.4 Å². The summed E-state index contributed by atoms with van der Waals surface area (Å²) in [5.41, 5.74) is 3.99. The molecule has 1 fully saturated rings. The molecule has 0 saturated heterocycles. The van der Waals surface area contributed by atoms with Crippen molar-refractivity contribution < 1.29 is 14.5 Å². The Hall–Kier alpha value is -4.17. The molecule has 1 saturated carbocycles. The molecule has 1 atom stereocenters. The number of rotatable bonds is 11. The van der Waals surface area contributed by atoms with Gasteiger partial charge in [0.05, 0.1) is 18.0 Å². The Kier molecular flexibility index (Phi) is 8.45. The summed E-state index contributed by atoms with van der Waals surface area (Å²) in [6, 6.07) is 22.5. The SMILES string of the molecule is COc1ccc(C2(CNC[C@H](Cc3c[nH]c4ccccc34)C(=O)Nc3ccc([N+](=O)[O-])cc3)CCCCC2)cc1. The molecule has 5 rings (SSSR count). The molecular weight excluding hydrogens is 504 g/mol. The maximum absolute atomic E-state index is 13.6. The zero-order valence-corrected chi connectivity index (χ0v) is 22.8. The van der Waals surface area contributed by atoms with E-state index in [9.17, 15) is 14.9 Å². The molecule has 1 aromatic heterocycles. The molecule has 0 aliphatic heterocycles. The molecule has 40 heavy (non-hydrogen) atoms. The molecule has 8 nitrogen and oxygen atoms in total. The molecule has 1 heterocycles. The number of nitro groups is 1. The average Bonchev–Trinajstić information content (AvgIpc) is 3.40. The van der Waals surface area contributed by atoms with E-state index >= 15 is 0 Å². The number of fused-ring (bicyclic) bond motifs is 1. The highest BCUT2D eigenvalue weighted by molar-refractivity contribution is 5.93. The van der Waals surface area contributed by atoms with Crippen LogP contribution in [-0.4, -0.2) is 36.0 Å². The molecule has 1 amide bonds. The van der Waals surface area contributed by atoms with Gasteiger partial charge in [-0.1, -0.05) is 49.6 Å². The Morgan fingerprint density at radius 2 is 1.75 bits per heavy atom. The number of benzene rings is 3. The van der Waals surface area contributed by atoms with Crippen molar-refractivity contribution in [2.75, 3.05) is 25.5 Å². The van der Waals surface area contributed by atoms with Gasteiger partial charge in [0, 0.05) is 53.4 Å². The first kappa shape index (κ1) is 27.4. The standard InChI is InChI=1S/C32H36N4O4/c1-40-28-15-9-25(10-16-28)32(17-5-2-6-18-32)22-33-20-24(19-23-21-34-30-8-4-3-7-29(23)30)31(37)35-26-11-13-27(14-12-26)36(38)39/h3-4,7-16,21,24,33-34H,2,5-6,17-20,22H2,1H3,(H,35,37)/t24-/m0/s1. The van der Waals surface area contributed by atoms with Gasteiger partial charge in [-0.3, -0.25) is 14.9 Å². The van der Waals surface area contributed by atoms with Gasteiger partial charge in [0.1, 0.15) is 5.75 Å². The van der Waals surface area contributed by atoms with Crippen molar-refractivity contribution in [3.05, 3.63) is 100 Å². The Labute approximate surface area is 234 Å². The number of aromatic amines is 1. The number of anilines is 1. The summed E-state index contributed by atoms with van der Waals surface area (Å²) in [5.74, 6) is 0.393. The minimum Gasteiger partial charge on any atom is -0.497 e. The highest BCUT2D eigenvalue weighted by atomic mass is 16.6. The topological polar surface area (TPSA) is 109 Å². The molecule has 3 N–H and O–H groups in total. The lowest BCUT2D eigenvalue weighted by molar-refractivity contribution is -0.384. The van der Waals surface area contributed by atoms with Gasteiger partial charge in [0.25, 0.3) is 5.69 Å². The quantitative estimate of drug-likeness (QED) is 0.151. The Morgan fingerprint density at radius 1 is 1.02 bits per heavy atom. The van der Waals surface area contributed by atoms with E-state index in [0.717, 1.165) is 41.6 Å². The minimum atomic E-state index is -0.445. The number of H-pyrrole nitrogens is 1. The van der Waals surface area contributed by atoms with E-state index in [1.807, 2.05) is 36.5 Å². The third-order valence-corrected chi connectivity index (χ3v) is 8.22. The Balaban J connectivity index is 1.34. The lowest BCUT2D eigenvalue weighted by atomic mass is 9.69. The molecule has 8 heteroatoms. The Bertz CT molecular complexity index is 1440. The average molecular weight is 541 g/mol. The summed E-state index contributed by atoms with van der Waals surface area (Å²) in [7, 11) is 1.68. The van der Waals surface area contributed by atoms with E-state index in [1.54, 1.807) is 19.2 Å². The third-order valence-electron chi connectivity index (χ3n) is 8.22. The number of nitrogens with zero attached hydrogens (tertiary/aromatic N) is 1. The molecule has 208 valence electrons. The zero-order chi connectivity index (χ0) is 28.0. The molecule has 4 aromatic rings. The fourth-order valence-electron chi connectivity index (χ4n) is 5.96. The monoisotopic (exact) mass is 540 g/mol. The van der Waals surface area contributed by atoms with Gasteiger partial charge in [-0.15, -0.1) is 0 Å². The van der Waals surface area contributed by atoms with Crippen LogP contribution in [0, 0.1) is 16.0 Å². The van der Waals surface area contributed by atoms with Crippen LogP contribution < -0.4 is 15.4 Å². The summed E-state index contributed by atoms with van der Waals surface area (Å²) in [6.07, 6.45) is 8.38. The van der Waals surface area contributed by atoms with Crippen molar-refractivity contribution in [2.45, 2.75) is 43.9 Å². The van der Waals surface area contributed by atoms with Gasteiger partial charge in [-0.25, -0.2) is 0 Å². The van der Waals surface area contributed by atoms with Gasteiger partial charge in [-0.05, 0) is 60.7 Å². The summed E-state index contributed by atoms with van der Waals surface area (Å²) < 4.78 is 5.38. The van der Waals surface area contributed by atoms with Crippen LogP contribution in [0.1, 0.15) is 43.2 Å². The summed E-state index contributed by atoms with van der Waals surface area (Å²) in [5, 5.41) is 18.8. The number of hydrogen-bond acceptors (Lipinski definition) is 5. The van der Waals surface area contributed by atoms with E-state index in [4.69, 9.17) is 4.74 Å². The smallest absolute Gasteiger partial charge is 0.269 e. The van der Waals surface area contributed by atoms with E-state index in [1.165, 1.54) is 37.0 Å². The van der Waals surface area contributed by atoms with Crippen molar-refractivity contribution in [3.8, 4) is 5.75 Å². The molecule has 0 unspecified atom stereocenters. The number of para-hydroxylation sites is 1. The maximum Gasteiger partial charge on any atom is 0.269 e. The number of nitro benzene ring substituents is 1. The molecule has 1 aliphatic rings. The fourth-order valence-corrected chi connectivity index (χ4v) is 5.96. The first-order chi connectivity index (χ1) is 19.5. The van der Waals surface area contributed by atoms with E-state index in [-0.39, 0.29) is 22.9 Å². The normalized spacial score (nSPS) is 15.4. The lowest BCUT2D eigenvalue weighted by Gasteiger charge is -2.38. The molecule has 1 aliphatic carbocycles. The first-order valence-corrected chi connectivity index (χ1v) is 13.9. The number of carbonyl (C=O) groups excluding carboxylic acids is 1.